The van der Waals surface area contributed by atoms with Crippen molar-refractivity contribution >= 4 is 18.0 Å². The van der Waals surface area contributed by atoms with Crippen molar-refractivity contribution < 1.29 is 24.2 Å². The molecule has 0 aliphatic heterocycles. The average Bonchev–Trinajstić information content (AvgIpc) is 3.10. The zero-order valence-corrected chi connectivity index (χ0v) is 19.1. The van der Waals surface area contributed by atoms with Crippen LogP contribution in [0, 0.1) is 11.8 Å². The van der Waals surface area contributed by atoms with Crippen molar-refractivity contribution in [2.45, 2.75) is 50.0 Å². The quantitative estimate of drug-likeness (QED) is 0.549. The van der Waals surface area contributed by atoms with E-state index in [4.69, 9.17) is 4.74 Å². The first-order chi connectivity index (χ1) is 16.4. The monoisotopic (exact) mass is 462 g/mol. The van der Waals surface area contributed by atoms with Gasteiger partial charge in [-0.1, -0.05) is 48.5 Å². The second-order valence-corrected chi connectivity index (χ2v) is 9.90. The topological polar surface area (TPSA) is 105 Å². The molecule has 2 aromatic rings. The van der Waals surface area contributed by atoms with Crippen LogP contribution in [0.5, 0.6) is 0 Å². The van der Waals surface area contributed by atoms with Gasteiger partial charge < -0.3 is 20.5 Å². The third-order valence-electron chi connectivity index (χ3n) is 7.68. The van der Waals surface area contributed by atoms with Crippen LogP contribution in [0.4, 0.5) is 4.79 Å². The Morgan fingerprint density at radius 1 is 0.941 bits per heavy atom. The summed E-state index contributed by atoms with van der Waals surface area (Å²) in [7, 11) is 0. The van der Waals surface area contributed by atoms with Crippen LogP contribution in [0.1, 0.15) is 55.6 Å². The zero-order chi connectivity index (χ0) is 23.7. The fourth-order valence-corrected chi connectivity index (χ4v) is 5.59. The first kappa shape index (κ1) is 22.4. The first-order valence-electron chi connectivity index (χ1n) is 12.1. The summed E-state index contributed by atoms with van der Waals surface area (Å²) in [5.74, 6) is -0.536. The Kier molecular flexibility index (Phi) is 6.02. The SMILES string of the molecule is O=C(CC1CC(CNC(=O)OCC2c3ccccc3-c3ccccc32)C1)NC1(C(=O)O)CCC1. The second-order valence-electron chi connectivity index (χ2n) is 9.90. The van der Waals surface area contributed by atoms with Crippen molar-refractivity contribution in [1.29, 1.82) is 0 Å². The number of amides is 2. The minimum absolute atomic E-state index is 0.0366. The number of carbonyl (C=O) groups excluding carboxylic acids is 2. The summed E-state index contributed by atoms with van der Waals surface area (Å²) in [6, 6.07) is 16.5. The highest BCUT2D eigenvalue weighted by molar-refractivity contribution is 5.88. The lowest BCUT2D eigenvalue weighted by atomic mass is 9.72. The highest BCUT2D eigenvalue weighted by Gasteiger charge is 2.46. The van der Waals surface area contributed by atoms with E-state index in [1.807, 2.05) is 24.3 Å². The number of hydrogen-bond acceptors (Lipinski definition) is 4. The van der Waals surface area contributed by atoms with Gasteiger partial charge >= 0.3 is 12.1 Å². The summed E-state index contributed by atoms with van der Waals surface area (Å²) in [6.45, 7) is 0.812. The van der Waals surface area contributed by atoms with Gasteiger partial charge in [-0.15, -0.1) is 0 Å². The molecule has 0 atom stereocenters. The van der Waals surface area contributed by atoms with E-state index in [2.05, 4.69) is 34.9 Å². The molecule has 2 fully saturated rings. The number of benzene rings is 2. The van der Waals surface area contributed by atoms with E-state index in [0.29, 0.717) is 38.3 Å². The van der Waals surface area contributed by atoms with Crippen LogP contribution in [-0.2, 0) is 14.3 Å². The van der Waals surface area contributed by atoms with Gasteiger partial charge in [0.05, 0.1) is 0 Å². The van der Waals surface area contributed by atoms with Crippen LogP contribution in [0.15, 0.2) is 48.5 Å². The van der Waals surface area contributed by atoms with E-state index < -0.39 is 17.6 Å². The van der Waals surface area contributed by atoms with Gasteiger partial charge in [0.15, 0.2) is 0 Å². The fraction of sp³-hybridized carbons (Fsp3) is 0.444. The number of alkyl carbamates (subject to hydrolysis) is 1. The number of hydrogen-bond donors (Lipinski definition) is 3. The molecule has 2 saturated carbocycles. The highest BCUT2D eigenvalue weighted by atomic mass is 16.5. The molecule has 0 unspecified atom stereocenters. The van der Waals surface area contributed by atoms with Crippen LogP contribution in [0.25, 0.3) is 11.1 Å². The molecule has 0 bridgehead atoms. The maximum absolute atomic E-state index is 12.3. The molecule has 3 aliphatic carbocycles. The molecule has 3 aliphatic rings. The van der Waals surface area contributed by atoms with Crippen LogP contribution in [-0.4, -0.2) is 41.8 Å². The van der Waals surface area contributed by atoms with Gasteiger partial charge in [0.1, 0.15) is 12.1 Å². The lowest BCUT2D eigenvalue weighted by Gasteiger charge is -2.40. The zero-order valence-electron chi connectivity index (χ0n) is 19.1. The number of aliphatic carboxylic acids is 1. The Balaban J connectivity index is 1.04. The van der Waals surface area contributed by atoms with Crippen LogP contribution in [0.2, 0.25) is 0 Å². The predicted molar refractivity (Wildman–Crippen MR) is 126 cm³/mol. The minimum atomic E-state index is -1.05. The van der Waals surface area contributed by atoms with Crippen molar-refractivity contribution in [3.63, 3.8) is 0 Å². The first-order valence-corrected chi connectivity index (χ1v) is 12.1. The Labute approximate surface area is 198 Å². The second kappa shape index (κ2) is 9.12. The van der Waals surface area contributed by atoms with Gasteiger partial charge in [0, 0.05) is 18.9 Å². The van der Waals surface area contributed by atoms with E-state index >= 15 is 0 Å². The van der Waals surface area contributed by atoms with E-state index in [-0.39, 0.29) is 17.7 Å². The summed E-state index contributed by atoms with van der Waals surface area (Å²) >= 11 is 0. The van der Waals surface area contributed by atoms with Crippen LogP contribution >= 0.6 is 0 Å². The van der Waals surface area contributed by atoms with Gasteiger partial charge in [0.25, 0.3) is 0 Å². The van der Waals surface area contributed by atoms with Gasteiger partial charge in [-0.2, -0.15) is 0 Å². The van der Waals surface area contributed by atoms with Crippen molar-refractivity contribution in [2.75, 3.05) is 13.2 Å². The van der Waals surface area contributed by atoms with Gasteiger partial charge in [0.2, 0.25) is 5.91 Å². The lowest BCUT2D eigenvalue weighted by molar-refractivity contribution is -0.152. The Morgan fingerprint density at radius 2 is 1.56 bits per heavy atom. The van der Waals surface area contributed by atoms with Crippen molar-refractivity contribution in [3.05, 3.63) is 59.7 Å². The summed E-state index contributed by atoms with van der Waals surface area (Å²) in [4.78, 5) is 36.0. The molecule has 7 heteroatoms. The largest absolute Gasteiger partial charge is 0.480 e. The molecule has 34 heavy (non-hydrogen) atoms. The molecule has 0 heterocycles. The number of fused-ring (bicyclic) bond motifs is 3. The summed E-state index contributed by atoms with van der Waals surface area (Å²) in [5, 5.41) is 14.9. The molecule has 7 nitrogen and oxygen atoms in total. The van der Waals surface area contributed by atoms with Gasteiger partial charge in [-0.3, -0.25) is 4.79 Å². The molecule has 178 valence electrons. The Hall–Kier alpha value is -3.35. The third kappa shape index (κ3) is 4.27. The maximum atomic E-state index is 12.3. The number of carboxylic acids is 1. The average molecular weight is 463 g/mol. The summed E-state index contributed by atoms with van der Waals surface area (Å²) in [5.41, 5.74) is 3.71. The molecule has 3 N–H and O–H groups in total. The smallest absolute Gasteiger partial charge is 0.407 e. The molecular formula is C27H30N2O5. The third-order valence-corrected chi connectivity index (χ3v) is 7.68. The molecule has 2 aromatic carbocycles. The van der Waals surface area contributed by atoms with Crippen molar-refractivity contribution in [1.82, 2.24) is 10.6 Å². The number of nitrogens with one attached hydrogen (secondary N) is 2. The standard InChI is InChI=1S/C27H30N2O5/c30-24(29-27(25(31)32)10-5-11-27)14-17-12-18(13-17)15-28-26(33)34-16-23-21-8-3-1-6-19(21)20-7-2-4-9-22(20)23/h1-4,6-9,17-18,23H,5,10-16H2,(H,28,33)(H,29,30)(H,31,32). The maximum Gasteiger partial charge on any atom is 0.407 e. The normalized spacial score (nSPS) is 21.9. The molecule has 5 rings (SSSR count). The molecule has 0 saturated heterocycles. The highest BCUT2D eigenvalue weighted by Crippen LogP contribution is 2.44. The number of carboxylic acid groups (broad SMARTS) is 1. The van der Waals surface area contributed by atoms with E-state index in [0.717, 1.165) is 19.3 Å². The van der Waals surface area contributed by atoms with E-state index in [1.165, 1.54) is 22.3 Å². The lowest BCUT2D eigenvalue weighted by Crippen LogP contribution is -2.59. The predicted octanol–water partition coefficient (Wildman–Crippen LogP) is 4.06. The number of rotatable bonds is 8. The van der Waals surface area contributed by atoms with Gasteiger partial charge in [-0.25, -0.2) is 9.59 Å². The van der Waals surface area contributed by atoms with Crippen LogP contribution in [0.3, 0.4) is 0 Å². The number of ether oxygens (including phenoxy) is 1. The van der Waals surface area contributed by atoms with Crippen molar-refractivity contribution in [2.24, 2.45) is 11.8 Å². The van der Waals surface area contributed by atoms with Crippen molar-refractivity contribution in [3.8, 4) is 11.1 Å². The molecule has 0 spiro atoms. The van der Waals surface area contributed by atoms with Crippen LogP contribution < -0.4 is 10.6 Å². The molecule has 2 amide bonds. The Bertz CT molecular complexity index is 1060. The molecule has 0 radical (unpaired) electrons. The summed E-state index contributed by atoms with van der Waals surface area (Å²) in [6.07, 6.45) is 3.46. The van der Waals surface area contributed by atoms with Gasteiger partial charge in [-0.05, 0) is 66.2 Å². The summed E-state index contributed by atoms with van der Waals surface area (Å²) < 4.78 is 5.58. The molecular weight excluding hydrogens is 432 g/mol. The Morgan fingerprint density at radius 3 is 2.12 bits per heavy atom. The van der Waals surface area contributed by atoms with E-state index in [9.17, 15) is 19.5 Å². The number of carbonyl (C=O) groups is 3. The molecule has 0 aromatic heterocycles. The van der Waals surface area contributed by atoms with E-state index in [1.54, 1.807) is 0 Å². The fourth-order valence-electron chi connectivity index (χ4n) is 5.59. The minimum Gasteiger partial charge on any atom is -0.480 e.